The van der Waals surface area contributed by atoms with Gasteiger partial charge in [-0.05, 0) is 87.9 Å². The molecule has 0 aromatic heterocycles. The van der Waals surface area contributed by atoms with Gasteiger partial charge in [0.25, 0.3) is 11.8 Å². The zero-order valence-corrected chi connectivity index (χ0v) is 20.2. The first-order chi connectivity index (χ1) is 16.0. The fourth-order valence-electron chi connectivity index (χ4n) is 2.85. The van der Waals surface area contributed by atoms with Crippen molar-refractivity contribution in [2.24, 2.45) is 4.99 Å². The van der Waals surface area contributed by atoms with E-state index in [9.17, 15) is 9.59 Å². The number of anilines is 1. The van der Waals surface area contributed by atoms with Crippen LogP contribution >= 0.6 is 39.3 Å². The van der Waals surface area contributed by atoms with Gasteiger partial charge in [0.15, 0.2) is 11.8 Å². The zero-order chi connectivity index (χ0) is 23.2. The third-order valence-electron chi connectivity index (χ3n) is 4.38. The lowest BCUT2D eigenvalue weighted by Gasteiger charge is -2.09. The molecule has 0 bridgehead atoms. The Balaban J connectivity index is 1.38. The van der Waals surface area contributed by atoms with Crippen LogP contribution in [-0.2, 0) is 9.59 Å². The van der Waals surface area contributed by atoms with Gasteiger partial charge in [-0.3, -0.25) is 9.59 Å². The summed E-state index contributed by atoms with van der Waals surface area (Å²) < 4.78 is 6.29. The van der Waals surface area contributed by atoms with Crippen LogP contribution in [0.15, 0.2) is 87.2 Å². The summed E-state index contributed by atoms with van der Waals surface area (Å²) in [5, 5.41) is 6.64. The van der Waals surface area contributed by atoms with Gasteiger partial charge < -0.3 is 15.4 Å². The third kappa shape index (κ3) is 6.47. The van der Waals surface area contributed by atoms with Crippen molar-refractivity contribution in [1.29, 1.82) is 0 Å². The number of benzene rings is 3. The van der Waals surface area contributed by atoms with Gasteiger partial charge in [0.2, 0.25) is 0 Å². The average Bonchev–Trinajstić information content (AvgIpc) is 3.14. The molecule has 0 saturated carbocycles. The third-order valence-corrected chi connectivity index (χ3v) is 6.16. The smallest absolute Gasteiger partial charge is 0.264 e. The quantitative estimate of drug-likeness (QED) is 0.374. The number of hydrogen-bond acceptors (Lipinski definition) is 5. The molecule has 2 amide bonds. The standard InChI is InChI=1S/C24H17BrClN3O3S/c25-19-12-15(6-11-20(19)32-14-22(30)27-17-4-2-1-3-5-17)13-21-23(31)29-24(33-21)28-18-9-7-16(26)8-10-18/h1-13H,14H2,(H,27,30)(H,28,29,31)/b21-13-. The molecule has 3 aromatic carbocycles. The highest BCUT2D eigenvalue weighted by atomic mass is 79.9. The molecule has 1 saturated heterocycles. The zero-order valence-electron chi connectivity index (χ0n) is 17.0. The molecule has 2 N–H and O–H groups in total. The van der Waals surface area contributed by atoms with Crippen LogP contribution in [0.1, 0.15) is 5.56 Å². The number of ether oxygens (including phenoxy) is 1. The molecule has 1 fully saturated rings. The SMILES string of the molecule is O=C(COc1ccc(/C=C2\SC(=Nc3ccc(Cl)cc3)NC2=O)cc1Br)Nc1ccccc1. The summed E-state index contributed by atoms with van der Waals surface area (Å²) in [5.41, 5.74) is 2.20. The summed E-state index contributed by atoms with van der Waals surface area (Å²) in [5.74, 6) is 0.0430. The predicted molar refractivity (Wildman–Crippen MR) is 137 cm³/mol. The lowest BCUT2D eigenvalue weighted by atomic mass is 10.2. The van der Waals surface area contributed by atoms with Crippen LogP contribution in [0.25, 0.3) is 6.08 Å². The number of halogens is 2. The second-order valence-electron chi connectivity index (χ2n) is 6.85. The summed E-state index contributed by atoms with van der Waals surface area (Å²) in [7, 11) is 0. The highest BCUT2D eigenvalue weighted by molar-refractivity contribution is 9.10. The fraction of sp³-hybridized carbons (Fsp3) is 0.0417. The molecule has 9 heteroatoms. The number of para-hydroxylation sites is 1. The van der Waals surface area contributed by atoms with E-state index < -0.39 is 0 Å². The highest BCUT2D eigenvalue weighted by Gasteiger charge is 2.24. The van der Waals surface area contributed by atoms with Crippen molar-refractivity contribution in [3.05, 3.63) is 92.8 Å². The molecule has 4 rings (SSSR count). The molecule has 33 heavy (non-hydrogen) atoms. The molecule has 1 aliphatic rings. The molecule has 166 valence electrons. The maximum absolute atomic E-state index is 12.3. The lowest BCUT2D eigenvalue weighted by molar-refractivity contribution is -0.118. The number of thioether (sulfide) groups is 1. The molecule has 0 spiro atoms. The highest BCUT2D eigenvalue weighted by Crippen LogP contribution is 2.31. The Morgan fingerprint density at radius 1 is 1.12 bits per heavy atom. The van der Waals surface area contributed by atoms with E-state index in [4.69, 9.17) is 16.3 Å². The Kier molecular flexibility index (Phi) is 7.49. The Morgan fingerprint density at radius 3 is 2.61 bits per heavy atom. The molecule has 6 nitrogen and oxygen atoms in total. The largest absolute Gasteiger partial charge is 0.483 e. The minimum atomic E-state index is -0.258. The Morgan fingerprint density at radius 2 is 1.88 bits per heavy atom. The normalized spacial score (nSPS) is 15.5. The molecule has 0 radical (unpaired) electrons. The molecule has 1 heterocycles. The number of hydrogen-bond donors (Lipinski definition) is 2. The van der Waals surface area contributed by atoms with Gasteiger partial charge in [0.05, 0.1) is 15.1 Å². The van der Waals surface area contributed by atoms with E-state index in [1.807, 2.05) is 30.3 Å². The van der Waals surface area contributed by atoms with E-state index in [2.05, 4.69) is 31.6 Å². The predicted octanol–water partition coefficient (Wildman–Crippen LogP) is 6.01. The summed E-state index contributed by atoms with van der Waals surface area (Å²) >= 11 is 10.6. The molecule has 0 aliphatic carbocycles. The Bertz CT molecular complexity index is 1250. The van der Waals surface area contributed by atoms with Gasteiger partial charge in [0.1, 0.15) is 5.75 Å². The van der Waals surface area contributed by atoms with E-state index in [0.717, 1.165) is 5.56 Å². The summed E-state index contributed by atoms with van der Waals surface area (Å²) in [6.45, 7) is -0.128. The van der Waals surface area contributed by atoms with E-state index in [0.29, 0.717) is 36.7 Å². The first kappa shape index (κ1) is 23.1. The van der Waals surface area contributed by atoms with Crippen LogP contribution in [0.5, 0.6) is 5.75 Å². The Hall–Kier alpha value is -3.07. The second kappa shape index (κ2) is 10.7. The molecule has 3 aromatic rings. The lowest BCUT2D eigenvalue weighted by Crippen LogP contribution is -2.20. The minimum Gasteiger partial charge on any atom is -0.483 e. The van der Waals surface area contributed by atoms with Crippen LogP contribution < -0.4 is 15.4 Å². The van der Waals surface area contributed by atoms with Gasteiger partial charge in [-0.1, -0.05) is 35.9 Å². The van der Waals surface area contributed by atoms with Gasteiger partial charge in [-0.25, -0.2) is 4.99 Å². The Labute approximate surface area is 208 Å². The average molecular weight is 543 g/mol. The maximum atomic E-state index is 12.3. The number of amidine groups is 1. The number of aliphatic imine (C=N–C) groups is 1. The first-order valence-electron chi connectivity index (χ1n) is 9.79. The number of carbonyl (C=O) groups excluding carboxylic acids is 2. The number of nitrogens with one attached hydrogen (secondary N) is 2. The fourth-order valence-corrected chi connectivity index (χ4v) is 4.33. The van der Waals surface area contributed by atoms with Gasteiger partial charge in [-0.15, -0.1) is 0 Å². The molecular formula is C24H17BrClN3O3S. The number of amides is 2. The van der Waals surface area contributed by atoms with Crippen molar-refractivity contribution in [1.82, 2.24) is 5.32 Å². The van der Waals surface area contributed by atoms with Crippen LogP contribution in [0.2, 0.25) is 5.02 Å². The van der Waals surface area contributed by atoms with E-state index in [-0.39, 0.29) is 18.4 Å². The maximum Gasteiger partial charge on any atom is 0.264 e. The monoisotopic (exact) mass is 541 g/mol. The minimum absolute atomic E-state index is 0.128. The van der Waals surface area contributed by atoms with Crippen molar-refractivity contribution in [2.45, 2.75) is 0 Å². The van der Waals surface area contributed by atoms with E-state index in [1.54, 1.807) is 48.5 Å². The van der Waals surface area contributed by atoms with Crippen LogP contribution in [-0.4, -0.2) is 23.6 Å². The van der Waals surface area contributed by atoms with E-state index in [1.165, 1.54) is 11.8 Å². The van der Waals surface area contributed by atoms with E-state index >= 15 is 0 Å². The molecule has 0 unspecified atom stereocenters. The topological polar surface area (TPSA) is 79.8 Å². The summed E-state index contributed by atoms with van der Waals surface area (Å²) in [4.78, 5) is 29.4. The van der Waals surface area contributed by atoms with Crippen molar-refractivity contribution in [2.75, 3.05) is 11.9 Å². The van der Waals surface area contributed by atoms with Gasteiger partial charge in [0, 0.05) is 10.7 Å². The van der Waals surface area contributed by atoms with Crippen molar-refractivity contribution < 1.29 is 14.3 Å². The van der Waals surface area contributed by atoms with Crippen molar-refractivity contribution >= 4 is 73.7 Å². The van der Waals surface area contributed by atoms with Gasteiger partial charge >= 0.3 is 0 Å². The number of nitrogens with zero attached hydrogens (tertiary/aromatic N) is 1. The van der Waals surface area contributed by atoms with Crippen molar-refractivity contribution in [3.63, 3.8) is 0 Å². The number of rotatable bonds is 6. The van der Waals surface area contributed by atoms with Gasteiger partial charge in [-0.2, -0.15) is 0 Å². The molecular weight excluding hydrogens is 526 g/mol. The second-order valence-corrected chi connectivity index (χ2v) is 9.17. The summed E-state index contributed by atoms with van der Waals surface area (Å²) in [6, 6.07) is 21.6. The summed E-state index contributed by atoms with van der Waals surface area (Å²) in [6.07, 6.45) is 1.76. The first-order valence-corrected chi connectivity index (χ1v) is 11.8. The van der Waals surface area contributed by atoms with Crippen LogP contribution in [0.3, 0.4) is 0 Å². The van der Waals surface area contributed by atoms with Crippen LogP contribution in [0.4, 0.5) is 11.4 Å². The molecule has 0 atom stereocenters. The van der Waals surface area contributed by atoms with Crippen molar-refractivity contribution in [3.8, 4) is 5.75 Å². The molecule has 1 aliphatic heterocycles. The number of carbonyl (C=O) groups is 2. The van der Waals surface area contributed by atoms with Crippen LogP contribution in [0, 0.1) is 0 Å².